The van der Waals surface area contributed by atoms with E-state index in [-0.39, 0.29) is 16.3 Å². The van der Waals surface area contributed by atoms with Gasteiger partial charge in [0.05, 0.1) is 17.2 Å². The second-order valence-electron chi connectivity index (χ2n) is 6.39. The normalized spacial score (nSPS) is 12.8. The summed E-state index contributed by atoms with van der Waals surface area (Å²) in [6, 6.07) is 19.1. The molecule has 0 fully saturated rings. The maximum atomic E-state index is 14.1. The molecular formula is C22H15FN2O2S. The summed E-state index contributed by atoms with van der Waals surface area (Å²) in [7, 11) is -3.95. The molecule has 0 radical (unpaired) electrons. The molecule has 3 aromatic carbocycles. The van der Waals surface area contributed by atoms with E-state index in [2.05, 4.69) is 9.57 Å². The fourth-order valence-corrected chi connectivity index (χ4v) is 4.59. The van der Waals surface area contributed by atoms with Gasteiger partial charge < -0.3 is 0 Å². The molecule has 0 aliphatic heterocycles. The number of benzene rings is 3. The van der Waals surface area contributed by atoms with E-state index >= 15 is 0 Å². The lowest BCUT2D eigenvalue weighted by Gasteiger charge is -2.12. The van der Waals surface area contributed by atoms with Crippen LogP contribution in [0.3, 0.4) is 0 Å². The Morgan fingerprint density at radius 1 is 0.964 bits per heavy atom. The van der Waals surface area contributed by atoms with Gasteiger partial charge in [0.2, 0.25) is 0 Å². The number of hydrogen-bond acceptors (Lipinski definition) is 2. The molecule has 28 heavy (non-hydrogen) atoms. The molecule has 0 bridgehead atoms. The predicted molar refractivity (Wildman–Crippen MR) is 109 cm³/mol. The van der Waals surface area contributed by atoms with Crippen LogP contribution in [0.4, 0.5) is 15.8 Å². The largest absolute Gasteiger partial charge is 0.277 e. The van der Waals surface area contributed by atoms with Crippen LogP contribution in [0.5, 0.6) is 0 Å². The Bertz CT molecular complexity index is 1240. The first-order chi connectivity index (χ1) is 13.5. The van der Waals surface area contributed by atoms with Crippen molar-refractivity contribution < 1.29 is 12.8 Å². The molecule has 1 aliphatic rings. The van der Waals surface area contributed by atoms with Gasteiger partial charge in [-0.05, 0) is 40.8 Å². The molecule has 1 N–H and O–H groups in total. The minimum absolute atomic E-state index is 0.110. The number of hydrogen-bond donors (Lipinski definition) is 1. The van der Waals surface area contributed by atoms with Crippen molar-refractivity contribution in [1.82, 2.24) is 0 Å². The summed E-state index contributed by atoms with van der Waals surface area (Å²) >= 11 is 0. The van der Waals surface area contributed by atoms with Crippen LogP contribution in [0.15, 0.2) is 72.8 Å². The molecule has 0 aromatic heterocycles. The molecule has 0 unspecified atom stereocenters. The fourth-order valence-electron chi connectivity index (χ4n) is 3.24. The van der Waals surface area contributed by atoms with E-state index in [1.807, 2.05) is 42.5 Å². The number of fused-ring (bicyclic) bond motifs is 1. The molecule has 6 heteroatoms. The van der Waals surface area contributed by atoms with Gasteiger partial charge in [0.1, 0.15) is 5.82 Å². The smallest absolute Gasteiger partial charge is 0.262 e. The number of sulfonamides is 1. The van der Waals surface area contributed by atoms with E-state index in [1.165, 1.54) is 12.1 Å². The number of nitrogens with zero attached hydrogens (tertiary/aromatic N) is 1. The zero-order valence-electron chi connectivity index (χ0n) is 14.7. The molecular weight excluding hydrogens is 375 g/mol. The first-order valence-corrected chi connectivity index (χ1v) is 10.0. The van der Waals surface area contributed by atoms with Crippen molar-refractivity contribution in [1.29, 1.82) is 0 Å². The zero-order chi connectivity index (χ0) is 19.7. The van der Waals surface area contributed by atoms with E-state index < -0.39 is 15.8 Å². The third kappa shape index (κ3) is 3.28. The molecule has 0 heterocycles. The van der Waals surface area contributed by atoms with E-state index in [1.54, 1.807) is 12.1 Å². The quantitative estimate of drug-likeness (QED) is 0.608. The van der Waals surface area contributed by atoms with Gasteiger partial charge in [-0.3, -0.25) is 4.72 Å². The van der Waals surface area contributed by atoms with Crippen LogP contribution in [0.2, 0.25) is 0 Å². The van der Waals surface area contributed by atoms with Crippen LogP contribution in [0.1, 0.15) is 11.1 Å². The highest BCUT2D eigenvalue weighted by atomic mass is 32.2. The summed E-state index contributed by atoms with van der Waals surface area (Å²) < 4.78 is 42.0. The molecule has 1 aliphatic carbocycles. The van der Waals surface area contributed by atoms with E-state index in [0.29, 0.717) is 12.0 Å². The Hall–Kier alpha value is -3.43. The Morgan fingerprint density at radius 3 is 2.46 bits per heavy atom. The van der Waals surface area contributed by atoms with Crippen molar-refractivity contribution in [2.24, 2.45) is 0 Å². The SMILES string of the molecule is [C-]#[N+]c1ccc(NS(=O)(=O)C2=CCc3cc(-c4ccccc4)ccc32)c(F)c1. The molecule has 3 aromatic rings. The molecule has 0 saturated heterocycles. The number of allylic oxidation sites excluding steroid dienone is 1. The van der Waals surface area contributed by atoms with E-state index in [4.69, 9.17) is 6.57 Å². The molecule has 0 atom stereocenters. The second-order valence-corrected chi connectivity index (χ2v) is 8.04. The third-order valence-electron chi connectivity index (χ3n) is 4.60. The standard InChI is InChI=1S/C22H15FN2O2S/c1-24-18-9-11-21(20(23)14-18)25-28(26,27)22-12-8-17-13-16(7-10-19(17)22)15-5-3-2-4-6-15/h2-7,9-14,25H,8H2. The van der Waals surface area contributed by atoms with Crippen molar-refractivity contribution >= 4 is 26.3 Å². The third-order valence-corrected chi connectivity index (χ3v) is 6.06. The Morgan fingerprint density at radius 2 is 1.75 bits per heavy atom. The first-order valence-electron chi connectivity index (χ1n) is 8.57. The summed E-state index contributed by atoms with van der Waals surface area (Å²) in [4.78, 5) is 3.27. The summed E-state index contributed by atoms with van der Waals surface area (Å²) in [5, 5.41) is 0. The molecule has 4 rings (SSSR count). The van der Waals surface area contributed by atoms with Gasteiger partial charge >= 0.3 is 0 Å². The van der Waals surface area contributed by atoms with Crippen LogP contribution in [0, 0.1) is 12.4 Å². The molecule has 138 valence electrons. The van der Waals surface area contributed by atoms with E-state index in [0.717, 1.165) is 22.8 Å². The average molecular weight is 390 g/mol. The van der Waals surface area contributed by atoms with Gasteiger partial charge in [-0.15, -0.1) is 0 Å². The van der Waals surface area contributed by atoms with Crippen molar-refractivity contribution in [3.05, 3.63) is 101 Å². The summed E-state index contributed by atoms with van der Waals surface area (Å²) in [6.45, 7) is 6.90. The topological polar surface area (TPSA) is 50.5 Å². The lowest BCUT2D eigenvalue weighted by molar-refractivity contribution is 0.607. The summed E-state index contributed by atoms with van der Waals surface area (Å²) in [6.07, 6.45) is 2.12. The number of nitrogens with one attached hydrogen (secondary N) is 1. The predicted octanol–water partition coefficient (Wildman–Crippen LogP) is 5.38. The van der Waals surface area contributed by atoms with Crippen LogP contribution < -0.4 is 4.72 Å². The maximum Gasteiger partial charge on any atom is 0.262 e. The zero-order valence-corrected chi connectivity index (χ0v) is 15.5. The van der Waals surface area contributed by atoms with Crippen molar-refractivity contribution in [2.75, 3.05) is 4.72 Å². The molecule has 0 spiro atoms. The summed E-state index contributed by atoms with van der Waals surface area (Å²) in [5.74, 6) is -0.782. The van der Waals surface area contributed by atoms with Crippen molar-refractivity contribution in [3.63, 3.8) is 0 Å². The van der Waals surface area contributed by atoms with Crippen LogP contribution in [-0.4, -0.2) is 8.42 Å². The lowest BCUT2D eigenvalue weighted by Crippen LogP contribution is -2.14. The molecule has 4 nitrogen and oxygen atoms in total. The van der Waals surface area contributed by atoms with Gasteiger partial charge in [0, 0.05) is 0 Å². The Balaban J connectivity index is 1.64. The Kier molecular flexibility index (Phi) is 4.46. The van der Waals surface area contributed by atoms with E-state index in [9.17, 15) is 12.8 Å². The van der Waals surface area contributed by atoms with Gasteiger partial charge in [-0.2, -0.15) is 0 Å². The molecule has 0 amide bonds. The minimum atomic E-state index is -3.95. The van der Waals surface area contributed by atoms with Crippen molar-refractivity contribution in [3.8, 4) is 11.1 Å². The first kappa shape index (κ1) is 18.0. The summed E-state index contributed by atoms with van der Waals surface area (Å²) in [5.41, 5.74) is 3.53. The fraction of sp³-hybridized carbons (Fsp3) is 0.0455. The lowest BCUT2D eigenvalue weighted by atomic mass is 10.0. The monoisotopic (exact) mass is 390 g/mol. The number of halogens is 1. The van der Waals surface area contributed by atoms with Gasteiger partial charge in [-0.25, -0.2) is 17.7 Å². The highest BCUT2D eigenvalue weighted by Crippen LogP contribution is 2.35. The molecule has 0 saturated carbocycles. The van der Waals surface area contributed by atoms with Gasteiger partial charge in [0.15, 0.2) is 5.69 Å². The van der Waals surface area contributed by atoms with Crippen LogP contribution >= 0.6 is 0 Å². The maximum absolute atomic E-state index is 14.1. The van der Waals surface area contributed by atoms with Gasteiger partial charge in [0.25, 0.3) is 10.0 Å². The highest BCUT2D eigenvalue weighted by molar-refractivity contribution is 8.01. The Labute approximate surface area is 162 Å². The average Bonchev–Trinajstić information content (AvgIpc) is 3.14. The number of rotatable bonds is 4. The van der Waals surface area contributed by atoms with Crippen LogP contribution in [-0.2, 0) is 16.4 Å². The highest BCUT2D eigenvalue weighted by Gasteiger charge is 2.26. The van der Waals surface area contributed by atoms with Crippen molar-refractivity contribution in [2.45, 2.75) is 6.42 Å². The van der Waals surface area contributed by atoms with Crippen LogP contribution in [0.25, 0.3) is 20.9 Å². The van der Waals surface area contributed by atoms with Gasteiger partial charge in [-0.1, -0.05) is 60.7 Å². The minimum Gasteiger partial charge on any atom is -0.277 e. The number of anilines is 1. The second kappa shape index (κ2) is 6.95.